The van der Waals surface area contributed by atoms with Gasteiger partial charge in [-0.3, -0.25) is 9.89 Å². The number of hydrogen-bond acceptors (Lipinski definition) is 3. The maximum Gasteiger partial charge on any atom is 0.253 e. The number of nitrogens with one attached hydrogen (secondary N) is 1. The largest absolute Gasteiger partial charge is 0.396 e. The van der Waals surface area contributed by atoms with Crippen LogP contribution < -0.4 is 5.73 Å². The Morgan fingerprint density at radius 1 is 1.56 bits per heavy atom. The number of aromatic amines is 1. The zero-order valence-corrected chi connectivity index (χ0v) is 9.85. The number of aromatic nitrogens is 2. The van der Waals surface area contributed by atoms with Crippen molar-refractivity contribution in [3.8, 4) is 0 Å². The van der Waals surface area contributed by atoms with E-state index < -0.39 is 5.82 Å². The average Bonchev–Trinajstić information content (AvgIpc) is 2.84. The van der Waals surface area contributed by atoms with Gasteiger partial charge in [0.05, 0.1) is 11.9 Å². The van der Waals surface area contributed by atoms with E-state index in [1.54, 1.807) is 19.4 Å². The molecule has 0 atom stereocenters. The van der Waals surface area contributed by atoms with Crippen molar-refractivity contribution in [2.75, 3.05) is 12.8 Å². The Kier molecular flexibility index (Phi) is 3.27. The normalized spacial score (nSPS) is 10.3. The highest BCUT2D eigenvalue weighted by Crippen LogP contribution is 2.14. The van der Waals surface area contributed by atoms with Gasteiger partial charge in [-0.15, -0.1) is 0 Å². The van der Waals surface area contributed by atoms with E-state index in [0.29, 0.717) is 12.1 Å². The number of benzene rings is 1. The van der Waals surface area contributed by atoms with Gasteiger partial charge in [0.25, 0.3) is 5.91 Å². The molecule has 6 heteroatoms. The van der Waals surface area contributed by atoms with E-state index in [1.165, 1.54) is 23.1 Å². The minimum atomic E-state index is -0.524. The third-order valence-electron chi connectivity index (χ3n) is 2.56. The molecular weight excluding hydrogens is 235 g/mol. The van der Waals surface area contributed by atoms with Crippen LogP contribution in [0.25, 0.3) is 0 Å². The molecule has 18 heavy (non-hydrogen) atoms. The first-order valence-electron chi connectivity index (χ1n) is 5.36. The maximum atomic E-state index is 13.0. The lowest BCUT2D eigenvalue weighted by Gasteiger charge is -2.16. The molecule has 1 aromatic heterocycles. The molecule has 0 spiro atoms. The summed E-state index contributed by atoms with van der Waals surface area (Å²) in [5.41, 5.74) is 6.65. The lowest BCUT2D eigenvalue weighted by atomic mass is 10.1. The number of nitrogens with two attached hydrogens (primary N) is 1. The van der Waals surface area contributed by atoms with Gasteiger partial charge in [0.15, 0.2) is 0 Å². The number of halogens is 1. The summed E-state index contributed by atoms with van der Waals surface area (Å²) in [6.45, 7) is 0.423. The fraction of sp³-hybridized carbons (Fsp3) is 0.167. The molecule has 0 aliphatic rings. The quantitative estimate of drug-likeness (QED) is 0.806. The Balaban J connectivity index is 2.12. The molecule has 0 fully saturated rings. The van der Waals surface area contributed by atoms with Crippen molar-refractivity contribution in [3.63, 3.8) is 0 Å². The summed E-state index contributed by atoms with van der Waals surface area (Å²) in [6.07, 6.45) is 3.35. The van der Waals surface area contributed by atoms with Crippen LogP contribution >= 0.6 is 0 Å². The Morgan fingerprint density at radius 3 is 2.94 bits per heavy atom. The average molecular weight is 248 g/mol. The highest BCUT2D eigenvalue weighted by atomic mass is 19.1. The summed E-state index contributed by atoms with van der Waals surface area (Å²) in [6, 6.07) is 3.94. The van der Waals surface area contributed by atoms with Crippen LogP contribution in [0, 0.1) is 5.82 Å². The standard InChI is InChI=1S/C12H13FN4O/c1-17(7-8-5-15-16-6-8)12(18)9-2-3-10(13)11(14)4-9/h2-6H,7,14H2,1H3,(H,15,16). The topological polar surface area (TPSA) is 75.0 Å². The maximum absolute atomic E-state index is 13.0. The summed E-state index contributed by atoms with van der Waals surface area (Å²) < 4.78 is 13.0. The number of carbonyl (C=O) groups excluding carboxylic acids is 1. The van der Waals surface area contributed by atoms with Crippen molar-refractivity contribution in [2.45, 2.75) is 6.54 Å². The monoisotopic (exact) mass is 248 g/mol. The fourth-order valence-electron chi connectivity index (χ4n) is 1.61. The molecular formula is C12H13FN4O. The van der Waals surface area contributed by atoms with Gasteiger partial charge in [-0.1, -0.05) is 0 Å². The van der Waals surface area contributed by atoms with Crippen LogP contribution in [0.2, 0.25) is 0 Å². The number of nitrogen functional groups attached to an aromatic ring is 1. The molecule has 0 saturated carbocycles. The Hall–Kier alpha value is -2.37. The van der Waals surface area contributed by atoms with Crippen LogP contribution in [0.15, 0.2) is 30.6 Å². The first-order valence-corrected chi connectivity index (χ1v) is 5.36. The van der Waals surface area contributed by atoms with Crippen LogP contribution in [-0.4, -0.2) is 28.1 Å². The van der Waals surface area contributed by atoms with Crippen molar-refractivity contribution < 1.29 is 9.18 Å². The summed E-state index contributed by atoms with van der Waals surface area (Å²) in [4.78, 5) is 13.6. The Bertz CT molecular complexity index is 553. The van der Waals surface area contributed by atoms with Crippen LogP contribution in [0.4, 0.5) is 10.1 Å². The third-order valence-corrected chi connectivity index (χ3v) is 2.56. The minimum Gasteiger partial charge on any atom is -0.396 e. The second-order valence-electron chi connectivity index (χ2n) is 4.00. The van der Waals surface area contributed by atoms with Gasteiger partial charge < -0.3 is 10.6 Å². The Morgan fingerprint density at radius 2 is 2.33 bits per heavy atom. The molecule has 0 unspecified atom stereocenters. The molecule has 2 aromatic rings. The van der Waals surface area contributed by atoms with E-state index in [0.717, 1.165) is 5.56 Å². The number of nitrogens with zero attached hydrogens (tertiary/aromatic N) is 2. The molecule has 5 nitrogen and oxygen atoms in total. The van der Waals surface area contributed by atoms with E-state index >= 15 is 0 Å². The Labute approximate surface area is 103 Å². The van der Waals surface area contributed by atoms with E-state index in [9.17, 15) is 9.18 Å². The van der Waals surface area contributed by atoms with E-state index in [2.05, 4.69) is 10.2 Å². The second-order valence-corrected chi connectivity index (χ2v) is 4.00. The SMILES string of the molecule is CN(Cc1cn[nH]c1)C(=O)c1ccc(F)c(N)c1. The summed E-state index contributed by atoms with van der Waals surface area (Å²) in [5, 5.41) is 6.47. The molecule has 0 radical (unpaired) electrons. The van der Waals surface area contributed by atoms with Crippen LogP contribution in [-0.2, 0) is 6.54 Å². The van der Waals surface area contributed by atoms with Crippen molar-refractivity contribution >= 4 is 11.6 Å². The highest BCUT2D eigenvalue weighted by Gasteiger charge is 2.13. The number of anilines is 1. The van der Waals surface area contributed by atoms with Crippen molar-refractivity contribution in [2.24, 2.45) is 0 Å². The van der Waals surface area contributed by atoms with Gasteiger partial charge in [-0.25, -0.2) is 4.39 Å². The lowest BCUT2D eigenvalue weighted by molar-refractivity contribution is 0.0785. The molecule has 0 aliphatic carbocycles. The van der Waals surface area contributed by atoms with E-state index in [1.807, 2.05) is 0 Å². The molecule has 3 N–H and O–H groups in total. The zero-order valence-electron chi connectivity index (χ0n) is 9.85. The summed E-state index contributed by atoms with van der Waals surface area (Å²) in [7, 11) is 1.66. The third kappa shape index (κ3) is 2.48. The zero-order chi connectivity index (χ0) is 13.1. The van der Waals surface area contributed by atoms with Gasteiger partial charge in [0, 0.05) is 30.9 Å². The highest BCUT2D eigenvalue weighted by molar-refractivity contribution is 5.94. The number of rotatable bonds is 3. The molecule has 0 bridgehead atoms. The number of H-pyrrole nitrogens is 1. The number of hydrogen-bond donors (Lipinski definition) is 2. The predicted octanol–water partition coefficient (Wildman–Crippen LogP) is 1.40. The fourth-order valence-corrected chi connectivity index (χ4v) is 1.61. The predicted molar refractivity (Wildman–Crippen MR) is 65.2 cm³/mol. The van der Waals surface area contributed by atoms with Crippen LogP contribution in [0.3, 0.4) is 0 Å². The first-order chi connectivity index (χ1) is 8.58. The minimum absolute atomic E-state index is 0.0300. The molecule has 1 amide bonds. The van der Waals surface area contributed by atoms with Gasteiger partial charge in [0.1, 0.15) is 5.82 Å². The van der Waals surface area contributed by atoms with Crippen LogP contribution in [0.5, 0.6) is 0 Å². The summed E-state index contributed by atoms with van der Waals surface area (Å²) >= 11 is 0. The smallest absolute Gasteiger partial charge is 0.253 e. The molecule has 1 heterocycles. The van der Waals surface area contributed by atoms with Gasteiger partial charge >= 0.3 is 0 Å². The van der Waals surface area contributed by atoms with Crippen molar-refractivity contribution in [1.29, 1.82) is 0 Å². The van der Waals surface area contributed by atoms with Crippen molar-refractivity contribution in [1.82, 2.24) is 15.1 Å². The first kappa shape index (κ1) is 12.1. The van der Waals surface area contributed by atoms with Gasteiger partial charge in [-0.2, -0.15) is 5.10 Å². The molecule has 0 saturated heterocycles. The lowest BCUT2D eigenvalue weighted by Crippen LogP contribution is -2.26. The summed E-state index contributed by atoms with van der Waals surface area (Å²) in [5.74, 6) is -0.744. The number of carbonyl (C=O) groups is 1. The van der Waals surface area contributed by atoms with Gasteiger partial charge in [0.2, 0.25) is 0 Å². The second kappa shape index (κ2) is 4.87. The molecule has 1 aromatic carbocycles. The van der Waals surface area contributed by atoms with E-state index in [4.69, 9.17) is 5.73 Å². The van der Waals surface area contributed by atoms with Gasteiger partial charge in [-0.05, 0) is 18.2 Å². The molecule has 2 rings (SSSR count). The van der Waals surface area contributed by atoms with Crippen molar-refractivity contribution in [3.05, 3.63) is 47.5 Å². The number of amides is 1. The molecule has 0 aliphatic heterocycles. The molecule has 94 valence electrons. The van der Waals surface area contributed by atoms with E-state index in [-0.39, 0.29) is 11.6 Å². The van der Waals surface area contributed by atoms with Crippen LogP contribution in [0.1, 0.15) is 15.9 Å².